The number of benzene rings is 2. The van der Waals surface area contributed by atoms with Crippen molar-refractivity contribution >= 4 is 16.9 Å². The first-order chi connectivity index (χ1) is 12.6. The Bertz CT molecular complexity index is 925. The summed E-state index contributed by atoms with van der Waals surface area (Å²) in [5.74, 6) is 0.398. The molecule has 3 aromatic rings. The fourth-order valence-electron chi connectivity index (χ4n) is 2.49. The SMILES string of the molecule is COc1ccc2nc(C)c(C(=O)OCCOc3ccc(F)cc3)cc2c1. The first kappa shape index (κ1) is 17.7. The van der Waals surface area contributed by atoms with Crippen LogP contribution in [-0.2, 0) is 4.74 Å². The van der Waals surface area contributed by atoms with Crippen LogP contribution in [0.1, 0.15) is 16.1 Å². The molecule has 5 nitrogen and oxygen atoms in total. The highest BCUT2D eigenvalue weighted by atomic mass is 19.1. The molecule has 1 aromatic heterocycles. The number of hydrogen-bond acceptors (Lipinski definition) is 5. The summed E-state index contributed by atoms with van der Waals surface area (Å²) in [6, 6.07) is 12.9. The summed E-state index contributed by atoms with van der Waals surface area (Å²) in [5.41, 5.74) is 1.76. The highest BCUT2D eigenvalue weighted by Gasteiger charge is 2.13. The standard InChI is InChI=1S/C20H18FNO4/c1-13-18(12-14-11-17(24-2)7-8-19(14)22-13)20(23)26-10-9-25-16-5-3-15(21)4-6-16/h3-8,11-12H,9-10H2,1-2H3. The van der Waals surface area contributed by atoms with Crippen LogP contribution in [0, 0.1) is 12.7 Å². The van der Waals surface area contributed by atoms with Crippen LogP contribution in [0.15, 0.2) is 48.5 Å². The van der Waals surface area contributed by atoms with Crippen molar-refractivity contribution in [3.63, 3.8) is 0 Å². The summed E-state index contributed by atoms with van der Waals surface area (Å²) in [4.78, 5) is 16.8. The molecule has 0 atom stereocenters. The molecule has 1 heterocycles. The smallest absolute Gasteiger partial charge is 0.340 e. The van der Waals surface area contributed by atoms with Crippen molar-refractivity contribution in [2.24, 2.45) is 0 Å². The lowest BCUT2D eigenvalue weighted by Crippen LogP contribution is -2.14. The van der Waals surface area contributed by atoms with Crippen LogP contribution in [0.5, 0.6) is 11.5 Å². The van der Waals surface area contributed by atoms with E-state index < -0.39 is 5.97 Å². The molecule has 0 radical (unpaired) electrons. The molecule has 6 heteroatoms. The van der Waals surface area contributed by atoms with Crippen LogP contribution in [-0.4, -0.2) is 31.3 Å². The van der Waals surface area contributed by atoms with Crippen LogP contribution in [0.25, 0.3) is 10.9 Å². The molecule has 0 saturated carbocycles. The number of aromatic nitrogens is 1. The van der Waals surface area contributed by atoms with E-state index in [0.29, 0.717) is 22.8 Å². The highest BCUT2D eigenvalue weighted by molar-refractivity contribution is 5.95. The Balaban J connectivity index is 1.63. The topological polar surface area (TPSA) is 57.7 Å². The molecule has 2 aromatic carbocycles. The number of pyridine rings is 1. The fraction of sp³-hybridized carbons (Fsp3) is 0.200. The fourth-order valence-corrected chi connectivity index (χ4v) is 2.49. The maximum atomic E-state index is 12.8. The molecule has 0 unspecified atom stereocenters. The van der Waals surface area contributed by atoms with Crippen molar-refractivity contribution in [3.8, 4) is 11.5 Å². The van der Waals surface area contributed by atoms with Crippen LogP contribution in [0.4, 0.5) is 4.39 Å². The van der Waals surface area contributed by atoms with E-state index in [1.807, 2.05) is 18.2 Å². The van der Waals surface area contributed by atoms with Gasteiger partial charge in [-0.15, -0.1) is 0 Å². The Morgan fingerprint density at radius 3 is 2.50 bits per heavy atom. The second-order valence-electron chi connectivity index (χ2n) is 5.62. The average molecular weight is 355 g/mol. The van der Waals surface area contributed by atoms with Crippen LogP contribution >= 0.6 is 0 Å². The Morgan fingerprint density at radius 2 is 1.77 bits per heavy atom. The number of hydrogen-bond donors (Lipinski definition) is 0. The van der Waals surface area contributed by atoms with Gasteiger partial charge in [-0.05, 0) is 55.5 Å². The lowest BCUT2D eigenvalue weighted by molar-refractivity contribution is 0.0449. The number of carbonyl (C=O) groups excluding carboxylic acids is 1. The van der Waals surface area contributed by atoms with E-state index in [1.54, 1.807) is 20.1 Å². The van der Waals surface area contributed by atoms with Crippen molar-refractivity contribution in [1.29, 1.82) is 0 Å². The monoisotopic (exact) mass is 355 g/mol. The first-order valence-corrected chi connectivity index (χ1v) is 8.08. The van der Waals surface area contributed by atoms with Gasteiger partial charge in [0.1, 0.15) is 30.5 Å². The molecule has 0 saturated heterocycles. The summed E-state index contributed by atoms with van der Waals surface area (Å²) in [6.07, 6.45) is 0. The lowest BCUT2D eigenvalue weighted by atomic mass is 10.1. The lowest BCUT2D eigenvalue weighted by Gasteiger charge is -2.10. The van der Waals surface area contributed by atoms with Gasteiger partial charge in [0.2, 0.25) is 0 Å². The van der Waals surface area contributed by atoms with Gasteiger partial charge in [-0.25, -0.2) is 9.18 Å². The minimum absolute atomic E-state index is 0.0752. The van der Waals surface area contributed by atoms with Crippen LogP contribution < -0.4 is 9.47 Å². The molecule has 0 aliphatic rings. The summed E-state index contributed by atoms with van der Waals surface area (Å²) in [5, 5.41) is 0.796. The maximum absolute atomic E-state index is 12.8. The van der Waals surface area contributed by atoms with E-state index in [4.69, 9.17) is 14.2 Å². The van der Waals surface area contributed by atoms with Crippen molar-refractivity contribution in [3.05, 3.63) is 65.6 Å². The van der Waals surface area contributed by atoms with E-state index in [9.17, 15) is 9.18 Å². The zero-order chi connectivity index (χ0) is 18.5. The predicted octanol–water partition coefficient (Wildman–Crippen LogP) is 3.93. The van der Waals surface area contributed by atoms with Gasteiger partial charge in [0.15, 0.2) is 0 Å². The third kappa shape index (κ3) is 4.08. The van der Waals surface area contributed by atoms with E-state index in [-0.39, 0.29) is 19.0 Å². The van der Waals surface area contributed by atoms with Gasteiger partial charge in [0, 0.05) is 5.39 Å². The number of methoxy groups -OCH3 is 1. The van der Waals surface area contributed by atoms with Gasteiger partial charge in [-0.2, -0.15) is 0 Å². The van der Waals surface area contributed by atoms with E-state index >= 15 is 0 Å². The molecule has 0 amide bonds. The number of carbonyl (C=O) groups is 1. The van der Waals surface area contributed by atoms with Gasteiger partial charge in [0.25, 0.3) is 0 Å². The highest BCUT2D eigenvalue weighted by Crippen LogP contribution is 2.22. The van der Waals surface area contributed by atoms with Gasteiger partial charge in [-0.3, -0.25) is 4.98 Å². The van der Waals surface area contributed by atoms with E-state index in [1.165, 1.54) is 24.3 Å². The number of nitrogens with zero attached hydrogens (tertiary/aromatic N) is 1. The molecule has 134 valence electrons. The summed E-state index contributed by atoms with van der Waals surface area (Å²) in [7, 11) is 1.58. The number of esters is 1. The number of fused-ring (bicyclic) bond motifs is 1. The van der Waals surface area contributed by atoms with Crippen molar-refractivity contribution in [2.45, 2.75) is 6.92 Å². The molecule has 0 N–H and O–H groups in total. The van der Waals surface area contributed by atoms with Crippen molar-refractivity contribution < 1.29 is 23.4 Å². The van der Waals surface area contributed by atoms with E-state index in [0.717, 1.165) is 10.9 Å². The zero-order valence-electron chi connectivity index (χ0n) is 14.5. The van der Waals surface area contributed by atoms with Gasteiger partial charge in [-0.1, -0.05) is 0 Å². The number of halogens is 1. The summed E-state index contributed by atoms with van der Waals surface area (Å²) in [6.45, 7) is 2.01. The van der Waals surface area contributed by atoms with Gasteiger partial charge < -0.3 is 14.2 Å². The zero-order valence-corrected chi connectivity index (χ0v) is 14.5. The third-order valence-corrected chi connectivity index (χ3v) is 3.83. The maximum Gasteiger partial charge on any atom is 0.340 e. The number of aryl methyl sites for hydroxylation is 1. The molecular weight excluding hydrogens is 337 g/mol. The predicted molar refractivity (Wildman–Crippen MR) is 95.2 cm³/mol. The largest absolute Gasteiger partial charge is 0.497 e. The second kappa shape index (κ2) is 7.82. The Hall–Kier alpha value is -3.15. The van der Waals surface area contributed by atoms with Crippen LogP contribution in [0.3, 0.4) is 0 Å². The van der Waals surface area contributed by atoms with Crippen molar-refractivity contribution in [2.75, 3.05) is 20.3 Å². The minimum atomic E-state index is -0.470. The molecule has 0 aliphatic carbocycles. The quantitative estimate of drug-likeness (QED) is 0.495. The van der Waals surface area contributed by atoms with Crippen molar-refractivity contribution in [1.82, 2.24) is 4.98 Å². The molecular formula is C20H18FNO4. The van der Waals surface area contributed by atoms with E-state index in [2.05, 4.69) is 4.98 Å². The van der Waals surface area contributed by atoms with Gasteiger partial charge in [0.05, 0.1) is 23.9 Å². The van der Waals surface area contributed by atoms with Crippen LogP contribution in [0.2, 0.25) is 0 Å². The average Bonchev–Trinajstić information content (AvgIpc) is 2.65. The number of ether oxygens (including phenoxy) is 3. The number of rotatable bonds is 6. The molecule has 0 aliphatic heterocycles. The molecule has 26 heavy (non-hydrogen) atoms. The molecule has 0 fully saturated rings. The molecule has 3 rings (SSSR count). The van der Waals surface area contributed by atoms with Gasteiger partial charge >= 0.3 is 5.97 Å². The summed E-state index contributed by atoms with van der Waals surface area (Å²) >= 11 is 0. The third-order valence-electron chi connectivity index (χ3n) is 3.83. The summed E-state index contributed by atoms with van der Waals surface area (Å²) < 4.78 is 28.7. The Morgan fingerprint density at radius 1 is 1.04 bits per heavy atom. The first-order valence-electron chi connectivity index (χ1n) is 8.08. The normalized spacial score (nSPS) is 10.6. The Kier molecular flexibility index (Phi) is 5.31. The minimum Gasteiger partial charge on any atom is -0.497 e. The molecule has 0 bridgehead atoms. The second-order valence-corrected chi connectivity index (χ2v) is 5.62. The Labute approximate surface area is 150 Å². The molecule has 0 spiro atoms.